The third-order valence-corrected chi connectivity index (χ3v) is 7.22. The highest BCUT2D eigenvalue weighted by Gasteiger charge is 2.28. The average Bonchev–Trinajstić information content (AvgIpc) is 2.84. The predicted octanol–water partition coefficient (Wildman–Crippen LogP) is 3.38. The first kappa shape index (κ1) is 22.0. The SMILES string of the molecule is O=C(NCc1ccccc1S(=O)(=O)N1CCOCC1)c1ccccc1Nc1ccccc1. The lowest BCUT2D eigenvalue weighted by Crippen LogP contribution is -2.41. The van der Waals surface area contributed by atoms with Gasteiger partial charge >= 0.3 is 0 Å². The summed E-state index contributed by atoms with van der Waals surface area (Å²) in [4.78, 5) is 13.2. The number of nitrogens with zero attached hydrogens (tertiary/aromatic N) is 1. The van der Waals surface area contributed by atoms with E-state index in [2.05, 4.69) is 10.6 Å². The van der Waals surface area contributed by atoms with Gasteiger partial charge in [-0.25, -0.2) is 8.42 Å². The smallest absolute Gasteiger partial charge is 0.253 e. The van der Waals surface area contributed by atoms with E-state index in [9.17, 15) is 13.2 Å². The molecule has 7 nitrogen and oxygen atoms in total. The van der Waals surface area contributed by atoms with E-state index in [1.807, 2.05) is 42.5 Å². The Kier molecular flexibility index (Phi) is 6.84. The molecule has 1 fully saturated rings. The molecule has 1 heterocycles. The van der Waals surface area contributed by atoms with E-state index in [1.54, 1.807) is 36.4 Å². The summed E-state index contributed by atoms with van der Waals surface area (Å²) in [7, 11) is -3.66. The molecule has 8 heteroatoms. The van der Waals surface area contributed by atoms with Crippen LogP contribution in [-0.2, 0) is 21.3 Å². The fourth-order valence-corrected chi connectivity index (χ4v) is 5.20. The summed E-state index contributed by atoms with van der Waals surface area (Å²) in [5.74, 6) is -0.289. The van der Waals surface area contributed by atoms with Crippen LogP contribution in [0.2, 0.25) is 0 Å². The molecular formula is C24H25N3O4S. The number of sulfonamides is 1. The van der Waals surface area contributed by atoms with E-state index in [4.69, 9.17) is 4.74 Å². The van der Waals surface area contributed by atoms with E-state index >= 15 is 0 Å². The second kappa shape index (κ2) is 9.95. The second-order valence-electron chi connectivity index (χ2n) is 7.34. The first-order chi connectivity index (χ1) is 15.6. The van der Waals surface area contributed by atoms with Gasteiger partial charge in [0.2, 0.25) is 10.0 Å². The Hall–Kier alpha value is -3.20. The molecule has 0 radical (unpaired) electrons. The number of carbonyl (C=O) groups excluding carboxylic acids is 1. The van der Waals surface area contributed by atoms with Crippen molar-refractivity contribution in [3.63, 3.8) is 0 Å². The maximum absolute atomic E-state index is 13.1. The van der Waals surface area contributed by atoms with Gasteiger partial charge in [0, 0.05) is 25.3 Å². The molecule has 2 N–H and O–H groups in total. The number of hydrogen-bond acceptors (Lipinski definition) is 5. The molecule has 32 heavy (non-hydrogen) atoms. The Balaban J connectivity index is 1.51. The number of carbonyl (C=O) groups is 1. The number of morpholine rings is 1. The normalized spacial score (nSPS) is 14.6. The van der Waals surface area contributed by atoms with Crippen molar-refractivity contribution >= 4 is 27.3 Å². The largest absolute Gasteiger partial charge is 0.379 e. The molecule has 0 aromatic heterocycles. The lowest BCUT2D eigenvalue weighted by Gasteiger charge is -2.27. The van der Waals surface area contributed by atoms with E-state index in [1.165, 1.54) is 4.31 Å². The molecule has 0 unspecified atom stereocenters. The maximum Gasteiger partial charge on any atom is 0.253 e. The minimum atomic E-state index is -3.66. The summed E-state index contributed by atoms with van der Waals surface area (Å²) in [6.45, 7) is 1.49. The number of amides is 1. The fraction of sp³-hybridized carbons (Fsp3) is 0.208. The van der Waals surface area contributed by atoms with Gasteiger partial charge in [0.05, 0.1) is 29.4 Å². The summed E-state index contributed by atoms with van der Waals surface area (Å²) in [5, 5.41) is 6.13. The molecule has 1 aliphatic rings. The molecule has 1 saturated heterocycles. The van der Waals surface area contributed by atoms with E-state index < -0.39 is 10.0 Å². The van der Waals surface area contributed by atoms with E-state index in [0.717, 1.165) is 5.69 Å². The Bertz CT molecular complexity index is 1180. The van der Waals surface area contributed by atoms with Crippen LogP contribution in [0.15, 0.2) is 83.8 Å². The van der Waals surface area contributed by atoms with Crippen LogP contribution >= 0.6 is 0 Å². The van der Waals surface area contributed by atoms with E-state index in [0.29, 0.717) is 43.1 Å². The summed E-state index contributed by atoms with van der Waals surface area (Å²) in [6.07, 6.45) is 0. The van der Waals surface area contributed by atoms with Crippen LogP contribution in [0.1, 0.15) is 15.9 Å². The van der Waals surface area contributed by atoms with Crippen molar-refractivity contribution in [2.45, 2.75) is 11.4 Å². The molecule has 3 aromatic carbocycles. The van der Waals surface area contributed by atoms with Crippen LogP contribution < -0.4 is 10.6 Å². The monoisotopic (exact) mass is 451 g/mol. The van der Waals surface area contributed by atoms with E-state index in [-0.39, 0.29) is 17.3 Å². The fourth-order valence-electron chi connectivity index (χ4n) is 3.57. The third kappa shape index (κ3) is 4.99. The lowest BCUT2D eigenvalue weighted by atomic mass is 10.1. The van der Waals surface area contributed by atoms with Crippen LogP contribution in [0.4, 0.5) is 11.4 Å². The number of rotatable bonds is 7. The Morgan fingerprint density at radius 2 is 1.53 bits per heavy atom. The molecule has 4 rings (SSSR count). The van der Waals surface area contributed by atoms with Gasteiger partial charge < -0.3 is 15.4 Å². The van der Waals surface area contributed by atoms with Crippen molar-refractivity contribution in [2.75, 3.05) is 31.6 Å². The first-order valence-corrected chi connectivity index (χ1v) is 11.8. The number of hydrogen-bond donors (Lipinski definition) is 2. The van der Waals surface area contributed by atoms with Crippen LogP contribution in [0.25, 0.3) is 0 Å². The van der Waals surface area contributed by atoms with Crippen LogP contribution in [-0.4, -0.2) is 44.9 Å². The van der Waals surface area contributed by atoms with Crippen molar-refractivity contribution in [3.05, 3.63) is 90.0 Å². The van der Waals surface area contributed by atoms with Crippen molar-refractivity contribution in [3.8, 4) is 0 Å². The first-order valence-electron chi connectivity index (χ1n) is 10.4. The standard InChI is InChI=1S/C24H25N3O4S/c28-24(21-11-5-6-12-22(21)26-20-9-2-1-3-10-20)25-18-19-8-4-7-13-23(19)32(29,30)27-14-16-31-17-15-27/h1-13,26H,14-18H2,(H,25,28). The summed E-state index contributed by atoms with van der Waals surface area (Å²) in [6, 6.07) is 23.6. The van der Waals surface area contributed by atoms with Gasteiger partial charge in [0.25, 0.3) is 5.91 Å². The lowest BCUT2D eigenvalue weighted by molar-refractivity contribution is 0.0730. The van der Waals surface area contributed by atoms with Gasteiger partial charge in [-0.05, 0) is 35.9 Å². The van der Waals surface area contributed by atoms with Crippen molar-refractivity contribution < 1.29 is 17.9 Å². The summed E-state index contributed by atoms with van der Waals surface area (Å²) < 4.78 is 33.0. The molecule has 0 atom stereocenters. The van der Waals surface area contributed by atoms with Gasteiger partial charge in [-0.15, -0.1) is 0 Å². The molecule has 166 valence electrons. The summed E-state index contributed by atoms with van der Waals surface area (Å²) in [5.41, 5.74) is 2.56. The maximum atomic E-state index is 13.1. The number of anilines is 2. The zero-order valence-electron chi connectivity index (χ0n) is 17.5. The number of benzene rings is 3. The van der Waals surface area contributed by atoms with Crippen molar-refractivity contribution in [2.24, 2.45) is 0 Å². The highest BCUT2D eigenvalue weighted by molar-refractivity contribution is 7.89. The molecule has 0 bridgehead atoms. The number of ether oxygens (including phenoxy) is 1. The molecule has 0 saturated carbocycles. The highest BCUT2D eigenvalue weighted by atomic mass is 32.2. The minimum absolute atomic E-state index is 0.0955. The van der Waals surface area contributed by atoms with Crippen LogP contribution in [0.5, 0.6) is 0 Å². The molecule has 0 spiro atoms. The third-order valence-electron chi connectivity index (χ3n) is 5.22. The van der Waals surface area contributed by atoms with Crippen molar-refractivity contribution in [1.29, 1.82) is 0 Å². The summed E-state index contributed by atoms with van der Waals surface area (Å²) >= 11 is 0. The molecular weight excluding hydrogens is 426 g/mol. The second-order valence-corrected chi connectivity index (χ2v) is 9.25. The molecule has 3 aromatic rings. The molecule has 1 aliphatic heterocycles. The van der Waals surface area contributed by atoms with Gasteiger partial charge in [0.15, 0.2) is 0 Å². The Labute approximate surface area is 188 Å². The topological polar surface area (TPSA) is 87.7 Å². The Morgan fingerprint density at radius 1 is 0.875 bits per heavy atom. The number of para-hydroxylation sites is 2. The number of nitrogens with one attached hydrogen (secondary N) is 2. The zero-order chi connectivity index (χ0) is 22.4. The van der Waals surface area contributed by atoms with Gasteiger partial charge in [-0.3, -0.25) is 4.79 Å². The van der Waals surface area contributed by atoms with Crippen LogP contribution in [0, 0.1) is 0 Å². The van der Waals surface area contributed by atoms with Gasteiger partial charge in [-0.2, -0.15) is 4.31 Å². The molecule has 1 amide bonds. The highest BCUT2D eigenvalue weighted by Crippen LogP contribution is 2.23. The van der Waals surface area contributed by atoms with Gasteiger partial charge in [0.1, 0.15) is 0 Å². The Morgan fingerprint density at radius 3 is 2.31 bits per heavy atom. The quantitative estimate of drug-likeness (QED) is 0.575. The minimum Gasteiger partial charge on any atom is -0.379 e. The van der Waals surface area contributed by atoms with Crippen LogP contribution in [0.3, 0.4) is 0 Å². The predicted molar refractivity (Wildman–Crippen MR) is 123 cm³/mol. The zero-order valence-corrected chi connectivity index (χ0v) is 18.3. The van der Waals surface area contributed by atoms with Crippen molar-refractivity contribution in [1.82, 2.24) is 9.62 Å². The molecule has 0 aliphatic carbocycles. The van der Waals surface area contributed by atoms with Gasteiger partial charge in [-0.1, -0.05) is 48.5 Å². The average molecular weight is 452 g/mol.